The molecule has 8 nitrogen and oxygen atoms in total. The van der Waals surface area contributed by atoms with E-state index in [1.807, 2.05) is 45.0 Å². The van der Waals surface area contributed by atoms with Crippen LogP contribution in [0, 0.1) is 12.8 Å². The second-order valence-electron chi connectivity index (χ2n) is 12.4. The van der Waals surface area contributed by atoms with Crippen LogP contribution in [0.3, 0.4) is 0 Å². The van der Waals surface area contributed by atoms with Gasteiger partial charge in [0.25, 0.3) is 5.91 Å². The first-order valence-electron chi connectivity index (χ1n) is 15.3. The van der Waals surface area contributed by atoms with Gasteiger partial charge in [-0.05, 0) is 75.8 Å². The number of phenolic OH excluding ortho intramolecular Hbond substituents is 1. The second kappa shape index (κ2) is 16.8. The number of nitrogens with zero attached hydrogens (tertiary/aromatic N) is 1. The maximum absolute atomic E-state index is 14.4. The van der Waals surface area contributed by atoms with E-state index in [0.717, 1.165) is 37.7 Å². The molecule has 3 amide bonds. The fourth-order valence-electron chi connectivity index (χ4n) is 4.85. The lowest BCUT2D eigenvalue weighted by atomic mass is 9.98. The summed E-state index contributed by atoms with van der Waals surface area (Å²) in [6, 6.07) is 12.0. The molecule has 0 aromatic heterocycles. The zero-order valence-corrected chi connectivity index (χ0v) is 26.5. The van der Waals surface area contributed by atoms with Crippen molar-refractivity contribution in [1.29, 1.82) is 0 Å². The number of hydrogen-bond donors (Lipinski definition) is 3. The molecule has 0 saturated carbocycles. The van der Waals surface area contributed by atoms with Crippen LogP contribution >= 0.6 is 0 Å². The number of carbonyl (C=O) groups excluding carboxylic acids is 3. The predicted octanol–water partition coefficient (Wildman–Crippen LogP) is 7.51. The van der Waals surface area contributed by atoms with Crippen molar-refractivity contribution in [3.8, 4) is 5.75 Å². The van der Waals surface area contributed by atoms with Gasteiger partial charge in [0, 0.05) is 12.2 Å². The maximum atomic E-state index is 14.4. The average molecular weight is 582 g/mol. The van der Waals surface area contributed by atoms with Gasteiger partial charge in [0.05, 0.1) is 0 Å². The Morgan fingerprint density at radius 3 is 2.24 bits per heavy atom. The van der Waals surface area contributed by atoms with Gasteiger partial charge in [0.2, 0.25) is 5.91 Å². The Balaban J connectivity index is 2.52. The molecule has 0 radical (unpaired) electrons. The number of amides is 3. The van der Waals surface area contributed by atoms with E-state index in [-0.39, 0.29) is 17.6 Å². The minimum Gasteiger partial charge on any atom is -0.508 e. The molecule has 2 unspecified atom stereocenters. The van der Waals surface area contributed by atoms with Gasteiger partial charge in [0.1, 0.15) is 23.4 Å². The fraction of sp³-hybridized carbons (Fsp3) is 0.559. The normalized spacial score (nSPS) is 12.9. The van der Waals surface area contributed by atoms with E-state index >= 15 is 0 Å². The van der Waals surface area contributed by atoms with Crippen LogP contribution in [0.15, 0.2) is 48.5 Å². The van der Waals surface area contributed by atoms with Gasteiger partial charge < -0.3 is 25.4 Å². The molecule has 0 spiro atoms. The number of nitrogens with one attached hydrogen (secondary N) is 2. The molecule has 2 aromatic carbocycles. The number of benzene rings is 2. The van der Waals surface area contributed by atoms with Crippen LogP contribution in [0.5, 0.6) is 5.75 Å². The fourth-order valence-corrected chi connectivity index (χ4v) is 4.85. The molecule has 0 aliphatic heterocycles. The number of para-hydroxylation sites is 1. The van der Waals surface area contributed by atoms with Gasteiger partial charge in [-0.3, -0.25) is 9.59 Å². The van der Waals surface area contributed by atoms with Crippen molar-refractivity contribution in [3.05, 3.63) is 59.7 Å². The molecule has 42 heavy (non-hydrogen) atoms. The number of anilines is 1. The molecule has 0 bridgehead atoms. The van der Waals surface area contributed by atoms with Crippen molar-refractivity contribution >= 4 is 23.6 Å². The van der Waals surface area contributed by atoms with Crippen molar-refractivity contribution in [3.63, 3.8) is 0 Å². The molecule has 3 N–H and O–H groups in total. The summed E-state index contributed by atoms with van der Waals surface area (Å²) in [6.45, 7) is 13.7. The Kier molecular flexibility index (Phi) is 13.8. The van der Waals surface area contributed by atoms with Gasteiger partial charge in [-0.2, -0.15) is 0 Å². The van der Waals surface area contributed by atoms with Crippen LogP contribution in [-0.4, -0.2) is 46.1 Å². The van der Waals surface area contributed by atoms with Crippen LogP contribution in [0.1, 0.15) is 104 Å². The van der Waals surface area contributed by atoms with E-state index in [2.05, 4.69) is 17.6 Å². The van der Waals surface area contributed by atoms with Crippen molar-refractivity contribution in [1.82, 2.24) is 10.2 Å². The van der Waals surface area contributed by atoms with E-state index in [0.29, 0.717) is 30.6 Å². The molecule has 232 valence electrons. The van der Waals surface area contributed by atoms with Crippen molar-refractivity contribution in [2.45, 2.75) is 111 Å². The monoisotopic (exact) mass is 581 g/mol. The standard InChI is InChI=1S/C34H51N3O5/c1-8-9-10-11-12-15-21-37(32(40)29(22-24(2)3)36-33(41)42-34(5,6)7)30(26-18-16-19-27(38)23-26)31(39)35-28-20-14-13-17-25(28)4/h13-14,16-20,23-24,29-30,38H,8-12,15,21-22H2,1-7H3,(H,35,39)(H,36,41). The third kappa shape index (κ3) is 11.7. The number of aryl methyl sites for hydroxylation is 1. The molecule has 0 fully saturated rings. The summed E-state index contributed by atoms with van der Waals surface area (Å²) in [5.74, 6) is -0.672. The molecule has 0 aliphatic carbocycles. The summed E-state index contributed by atoms with van der Waals surface area (Å²) in [5.41, 5.74) is 1.29. The van der Waals surface area contributed by atoms with Gasteiger partial charge in [-0.15, -0.1) is 0 Å². The third-order valence-electron chi connectivity index (χ3n) is 6.88. The number of carbonyl (C=O) groups is 3. The minimum atomic E-state index is -1.03. The highest BCUT2D eigenvalue weighted by atomic mass is 16.6. The van der Waals surface area contributed by atoms with Crippen LogP contribution in [-0.2, 0) is 14.3 Å². The molecule has 2 aromatic rings. The number of aromatic hydroxyl groups is 1. The summed E-state index contributed by atoms with van der Waals surface area (Å²) >= 11 is 0. The van der Waals surface area contributed by atoms with Gasteiger partial charge >= 0.3 is 6.09 Å². The highest BCUT2D eigenvalue weighted by Crippen LogP contribution is 2.29. The predicted molar refractivity (Wildman–Crippen MR) is 168 cm³/mol. The second-order valence-corrected chi connectivity index (χ2v) is 12.4. The third-order valence-corrected chi connectivity index (χ3v) is 6.88. The highest BCUT2D eigenvalue weighted by molar-refractivity contribution is 5.99. The summed E-state index contributed by atoms with van der Waals surface area (Å²) in [7, 11) is 0. The molecular formula is C34H51N3O5. The van der Waals surface area contributed by atoms with Crippen molar-refractivity contribution in [2.24, 2.45) is 5.92 Å². The summed E-state index contributed by atoms with van der Waals surface area (Å²) in [5, 5.41) is 16.1. The Labute approximate surface area is 252 Å². The van der Waals surface area contributed by atoms with Crippen LogP contribution in [0.4, 0.5) is 10.5 Å². The average Bonchev–Trinajstić information content (AvgIpc) is 2.89. The van der Waals surface area contributed by atoms with E-state index in [1.54, 1.807) is 37.8 Å². The van der Waals surface area contributed by atoms with E-state index < -0.39 is 29.7 Å². The van der Waals surface area contributed by atoms with Gasteiger partial charge in [-0.1, -0.05) is 83.2 Å². The Hall–Kier alpha value is -3.55. The lowest BCUT2D eigenvalue weighted by molar-refractivity contribution is -0.141. The smallest absolute Gasteiger partial charge is 0.408 e. The molecule has 2 atom stereocenters. The van der Waals surface area contributed by atoms with Crippen LogP contribution < -0.4 is 10.6 Å². The molecule has 0 aliphatic rings. The molecule has 0 heterocycles. The summed E-state index contributed by atoms with van der Waals surface area (Å²) in [6.07, 6.45) is 5.74. The minimum absolute atomic E-state index is 0.00114. The van der Waals surface area contributed by atoms with E-state index in [4.69, 9.17) is 4.74 Å². The Morgan fingerprint density at radius 1 is 0.952 bits per heavy atom. The number of ether oxygens (including phenoxy) is 1. The van der Waals surface area contributed by atoms with Crippen LogP contribution in [0.2, 0.25) is 0 Å². The van der Waals surface area contributed by atoms with Crippen LogP contribution in [0.25, 0.3) is 0 Å². The number of phenols is 1. The first-order valence-corrected chi connectivity index (χ1v) is 15.3. The number of unbranched alkanes of at least 4 members (excludes halogenated alkanes) is 5. The first-order chi connectivity index (χ1) is 19.8. The van der Waals surface area contributed by atoms with E-state index in [1.165, 1.54) is 12.1 Å². The molecule has 8 heteroatoms. The number of alkyl carbamates (subject to hydrolysis) is 1. The topological polar surface area (TPSA) is 108 Å². The first kappa shape index (κ1) is 34.7. The van der Waals surface area contributed by atoms with Crippen molar-refractivity contribution < 1.29 is 24.2 Å². The zero-order chi connectivity index (χ0) is 31.3. The lowest BCUT2D eigenvalue weighted by Gasteiger charge is -2.35. The van der Waals surface area contributed by atoms with Crippen molar-refractivity contribution in [2.75, 3.05) is 11.9 Å². The summed E-state index contributed by atoms with van der Waals surface area (Å²) < 4.78 is 5.48. The molecular weight excluding hydrogens is 530 g/mol. The summed E-state index contributed by atoms with van der Waals surface area (Å²) in [4.78, 5) is 42.8. The Morgan fingerprint density at radius 2 is 1.62 bits per heavy atom. The van der Waals surface area contributed by atoms with Gasteiger partial charge in [-0.25, -0.2) is 4.79 Å². The number of rotatable bonds is 15. The highest BCUT2D eigenvalue weighted by Gasteiger charge is 2.36. The largest absolute Gasteiger partial charge is 0.508 e. The maximum Gasteiger partial charge on any atom is 0.408 e. The quantitative estimate of drug-likeness (QED) is 0.189. The van der Waals surface area contributed by atoms with E-state index in [9.17, 15) is 19.5 Å². The van der Waals surface area contributed by atoms with Gasteiger partial charge in [0.15, 0.2) is 0 Å². The number of hydrogen-bond acceptors (Lipinski definition) is 5. The zero-order valence-electron chi connectivity index (χ0n) is 26.5. The molecule has 0 saturated heterocycles. The Bertz CT molecular complexity index is 1160. The SMILES string of the molecule is CCCCCCCCN(C(=O)C(CC(C)C)NC(=O)OC(C)(C)C)C(C(=O)Nc1ccccc1C)c1cccc(O)c1. The molecule has 2 rings (SSSR count). The lowest BCUT2D eigenvalue weighted by Crippen LogP contribution is -2.53.